The highest BCUT2D eigenvalue weighted by atomic mass is 16.3. The summed E-state index contributed by atoms with van der Waals surface area (Å²) >= 11 is 0. The van der Waals surface area contributed by atoms with Gasteiger partial charge in [-0.1, -0.05) is 0 Å². The predicted octanol–water partition coefficient (Wildman–Crippen LogP) is 0.894. The van der Waals surface area contributed by atoms with Gasteiger partial charge in [0, 0.05) is 38.3 Å². The molecule has 2 fully saturated rings. The van der Waals surface area contributed by atoms with Crippen molar-refractivity contribution in [2.24, 2.45) is 7.05 Å². The van der Waals surface area contributed by atoms with Crippen molar-refractivity contribution in [2.45, 2.75) is 56.7 Å². The number of nitrogens with one attached hydrogen (secondary N) is 1. The minimum absolute atomic E-state index is 0.143. The zero-order valence-electron chi connectivity index (χ0n) is 16.7. The Bertz CT molecular complexity index is 971. The van der Waals surface area contributed by atoms with Crippen LogP contribution < -0.4 is 21.3 Å². The Hall–Kier alpha value is -2.68. The molecule has 3 atom stereocenters. The van der Waals surface area contributed by atoms with E-state index in [2.05, 4.69) is 20.4 Å². The highest BCUT2D eigenvalue weighted by Gasteiger charge is 2.30. The van der Waals surface area contributed by atoms with Crippen molar-refractivity contribution in [2.75, 3.05) is 23.3 Å². The maximum absolute atomic E-state index is 12.4. The topological polar surface area (TPSA) is 105 Å². The van der Waals surface area contributed by atoms with Gasteiger partial charge in [0.2, 0.25) is 0 Å². The molecule has 4 rings (SSSR count). The summed E-state index contributed by atoms with van der Waals surface area (Å²) in [6.45, 7) is 1.53. The molecule has 0 aromatic carbocycles. The molecule has 2 aliphatic rings. The van der Waals surface area contributed by atoms with Crippen LogP contribution in [-0.2, 0) is 7.05 Å². The molecule has 1 saturated carbocycles. The van der Waals surface area contributed by atoms with Crippen LogP contribution in [0.15, 0.2) is 33.9 Å². The van der Waals surface area contributed by atoms with Gasteiger partial charge in [0.1, 0.15) is 11.6 Å². The van der Waals surface area contributed by atoms with E-state index in [9.17, 15) is 14.7 Å². The van der Waals surface area contributed by atoms with E-state index in [0.29, 0.717) is 18.8 Å². The molecule has 1 saturated heterocycles. The van der Waals surface area contributed by atoms with Crippen LogP contribution in [0.5, 0.6) is 0 Å². The van der Waals surface area contributed by atoms with Gasteiger partial charge in [-0.3, -0.25) is 9.59 Å². The summed E-state index contributed by atoms with van der Waals surface area (Å²) in [7, 11) is 1.63. The van der Waals surface area contributed by atoms with Gasteiger partial charge in [0.25, 0.3) is 11.1 Å². The molecule has 3 heterocycles. The molecule has 1 aliphatic heterocycles. The lowest BCUT2D eigenvalue weighted by Gasteiger charge is -2.37. The van der Waals surface area contributed by atoms with E-state index < -0.39 is 6.10 Å². The van der Waals surface area contributed by atoms with E-state index in [4.69, 9.17) is 0 Å². The molecule has 2 aromatic heterocycles. The maximum atomic E-state index is 12.4. The summed E-state index contributed by atoms with van der Waals surface area (Å²) < 4.78 is 2.78. The van der Waals surface area contributed by atoms with Gasteiger partial charge in [-0.25, -0.2) is 9.36 Å². The van der Waals surface area contributed by atoms with Crippen molar-refractivity contribution in [1.82, 2.24) is 19.6 Å². The third kappa shape index (κ3) is 4.19. The fourth-order valence-electron chi connectivity index (χ4n) is 4.35. The monoisotopic (exact) mass is 400 g/mol. The van der Waals surface area contributed by atoms with E-state index >= 15 is 0 Å². The highest BCUT2D eigenvalue weighted by Crippen LogP contribution is 2.29. The Balaban J connectivity index is 1.53. The van der Waals surface area contributed by atoms with Crippen LogP contribution in [0.3, 0.4) is 0 Å². The maximum Gasteiger partial charge on any atom is 0.267 e. The largest absolute Gasteiger partial charge is 0.391 e. The molecule has 2 N–H and O–H groups in total. The van der Waals surface area contributed by atoms with Crippen molar-refractivity contribution >= 4 is 11.6 Å². The third-order valence-electron chi connectivity index (χ3n) is 5.97. The van der Waals surface area contributed by atoms with Gasteiger partial charge in [0.05, 0.1) is 12.1 Å². The van der Waals surface area contributed by atoms with Crippen LogP contribution in [0.25, 0.3) is 0 Å². The van der Waals surface area contributed by atoms with E-state index in [0.717, 1.165) is 44.5 Å². The Labute approximate surface area is 169 Å². The van der Waals surface area contributed by atoms with E-state index in [-0.39, 0.29) is 23.2 Å². The standard InChI is InChI=1S/C20H28N6O3/c1-24-19(28)10-8-17(22-24)21-13-14-5-2-3-12-25(14)18-9-11-20(29)26(23-18)15-6-4-7-16(15)27/h8-11,14-16,27H,2-7,12-13H2,1H3,(H,21,22). The minimum Gasteiger partial charge on any atom is -0.391 e. The summed E-state index contributed by atoms with van der Waals surface area (Å²) in [6, 6.07) is 6.49. The second-order valence-corrected chi connectivity index (χ2v) is 7.94. The van der Waals surface area contributed by atoms with Gasteiger partial charge < -0.3 is 15.3 Å². The smallest absolute Gasteiger partial charge is 0.267 e. The number of nitrogens with zero attached hydrogens (tertiary/aromatic N) is 5. The number of aryl methyl sites for hydroxylation is 1. The van der Waals surface area contributed by atoms with E-state index in [1.54, 1.807) is 25.2 Å². The fourth-order valence-corrected chi connectivity index (χ4v) is 4.35. The van der Waals surface area contributed by atoms with Crippen molar-refractivity contribution in [3.05, 3.63) is 45.0 Å². The van der Waals surface area contributed by atoms with E-state index in [1.165, 1.54) is 15.4 Å². The zero-order chi connectivity index (χ0) is 20.4. The number of aromatic nitrogens is 4. The summed E-state index contributed by atoms with van der Waals surface area (Å²) in [5.41, 5.74) is -0.309. The molecule has 0 radical (unpaired) electrons. The molecule has 156 valence electrons. The lowest BCUT2D eigenvalue weighted by atomic mass is 10.0. The van der Waals surface area contributed by atoms with Gasteiger partial charge in [-0.15, -0.1) is 0 Å². The Kier molecular flexibility index (Phi) is 5.66. The molecule has 9 nitrogen and oxygen atoms in total. The van der Waals surface area contributed by atoms with Crippen LogP contribution in [0, 0.1) is 0 Å². The number of anilines is 2. The Morgan fingerprint density at radius 2 is 1.86 bits per heavy atom. The number of rotatable bonds is 5. The number of hydrogen-bond acceptors (Lipinski definition) is 7. The minimum atomic E-state index is -0.509. The summed E-state index contributed by atoms with van der Waals surface area (Å²) in [4.78, 5) is 26.1. The van der Waals surface area contributed by atoms with Gasteiger partial charge in [-0.2, -0.15) is 10.2 Å². The first-order chi connectivity index (χ1) is 14.0. The molecule has 0 bridgehead atoms. The first-order valence-corrected chi connectivity index (χ1v) is 10.4. The van der Waals surface area contributed by atoms with Gasteiger partial charge >= 0.3 is 0 Å². The van der Waals surface area contributed by atoms with Crippen LogP contribution in [0.2, 0.25) is 0 Å². The Morgan fingerprint density at radius 3 is 2.62 bits per heavy atom. The van der Waals surface area contributed by atoms with Crippen LogP contribution in [0.4, 0.5) is 11.6 Å². The molecule has 0 spiro atoms. The molecule has 29 heavy (non-hydrogen) atoms. The molecule has 1 aliphatic carbocycles. The average molecular weight is 400 g/mol. The van der Waals surface area contributed by atoms with Crippen LogP contribution >= 0.6 is 0 Å². The quantitative estimate of drug-likeness (QED) is 0.768. The SMILES string of the molecule is Cn1nc(NCC2CCCCN2c2ccc(=O)n(C3CCCC3O)n2)ccc1=O. The molecule has 0 amide bonds. The number of aliphatic hydroxyl groups excluding tert-OH is 1. The molecule has 9 heteroatoms. The van der Waals surface area contributed by atoms with Crippen molar-refractivity contribution in [1.29, 1.82) is 0 Å². The van der Waals surface area contributed by atoms with Gasteiger partial charge in [0.15, 0.2) is 0 Å². The van der Waals surface area contributed by atoms with Crippen molar-refractivity contribution in [3.8, 4) is 0 Å². The predicted molar refractivity (Wildman–Crippen MR) is 110 cm³/mol. The molecule has 3 unspecified atom stereocenters. The number of aliphatic hydroxyl groups is 1. The molecule has 2 aromatic rings. The highest BCUT2D eigenvalue weighted by molar-refractivity contribution is 5.40. The molecular weight excluding hydrogens is 372 g/mol. The summed E-state index contributed by atoms with van der Waals surface area (Å²) in [6.07, 6.45) is 5.10. The summed E-state index contributed by atoms with van der Waals surface area (Å²) in [5, 5.41) is 22.4. The zero-order valence-corrected chi connectivity index (χ0v) is 16.7. The third-order valence-corrected chi connectivity index (χ3v) is 5.97. The number of hydrogen-bond donors (Lipinski definition) is 2. The fraction of sp³-hybridized carbons (Fsp3) is 0.600. The average Bonchev–Trinajstić information content (AvgIpc) is 3.15. The second kappa shape index (κ2) is 8.36. The first kappa shape index (κ1) is 19.6. The first-order valence-electron chi connectivity index (χ1n) is 10.4. The van der Waals surface area contributed by atoms with Crippen molar-refractivity contribution in [3.63, 3.8) is 0 Å². The second-order valence-electron chi connectivity index (χ2n) is 7.94. The van der Waals surface area contributed by atoms with E-state index in [1.807, 2.05) is 0 Å². The Morgan fingerprint density at radius 1 is 1.03 bits per heavy atom. The van der Waals surface area contributed by atoms with Gasteiger partial charge in [-0.05, 0) is 50.7 Å². The van der Waals surface area contributed by atoms with Crippen LogP contribution in [-0.4, -0.2) is 49.9 Å². The lowest BCUT2D eigenvalue weighted by molar-refractivity contribution is 0.127. The normalized spacial score (nSPS) is 24.6. The lowest BCUT2D eigenvalue weighted by Crippen LogP contribution is -2.45. The molecular formula is C20H28N6O3. The van der Waals surface area contributed by atoms with Crippen LogP contribution in [0.1, 0.15) is 44.6 Å². The number of piperidine rings is 1. The van der Waals surface area contributed by atoms with Crippen molar-refractivity contribution < 1.29 is 5.11 Å². The summed E-state index contributed by atoms with van der Waals surface area (Å²) in [5.74, 6) is 1.42.